The van der Waals surface area contributed by atoms with Gasteiger partial charge in [0, 0.05) is 12.6 Å². The van der Waals surface area contributed by atoms with Gasteiger partial charge in [0.25, 0.3) is 0 Å². The third kappa shape index (κ3) is 3.97. The summed E-state index contributed by atoms with van der Waals surface area (Å²) in [5, 5.41) is 10.4. The van der Waals surface area contributed by atoms with Gasteiger partial charge >= 0.3 is 0 Å². The highest BCUT2D eigenvalue weighted by atomic mass is 16.5. The lowest BCUT2D eigenvalue weighted by Crippen LogP contribution is -2.39. The summed E-state index contributed by atoms with van der Waals surface area (Å²) in [6, 6.07) is 8.39. The van der Waals surface area contributed by atoms with Gasteiger partial charge < -0.3 is 9.84 Å². The highest BCUT2D eigenvalue weighted by molar-refractivity contribution is 5.28. The Bertz CT molecular complexity index is 384. The molecule has 1 atom stereocenters. The average molecular weight is 277 g/mol. The number of aliphatic hydroxyl groups excluding tert-OH is 1. The fourth-order valence-corrected chi connectivity index (χ4v) is 3.14. The summed E-state index contributed by atoms with van der Waals surface area (Å²) in [6.07, 6.45) is 6.18. The van der Waals surface area contributed by atoms with E-state index in [0.717, 1.165) is 24.4 Å². The second-order valence-corrected chi connectivity index (χ2v) is 5.67. The van der Waals surface area contributed by atoms with E-state index in [1.165, 1.54) is 32.1 Å². The van der Waals surface area contributed by atoms with E-state index in [9.17, 15) is 5.11 Å². The van der Waals surface area contributed by atoms with Crippen LogP contribution in [0.1, 0.15) is 50.7 Å². The lowest BCUT2D eigenvalue weighted by molar-refractivity contribution is 0.0766. The van der Waals surface area contributed by atoms with Crippen molar-refractivity contribution in [2.45, 2.75) is 51.2 Å². The van der Waals surface area contributed by atoms with Crippen molar-refractivity contribution in [1.29, 1.82) is 0 Å². The molecule has 3 nitrogen and oxygen atoms in total. The van der Waals surface area contributed by atoms with Crippen LogP contribution in [0.25, 0.3) is 0 Å². The molecular weight excluding hydrogens is 250 g/mol. The quantitative estimate of drug-likeness (QED) is 0.865. The molecule has 0 heterocycles. The Labute approximate surface area is 122 Å². The normalized spacial score (nSPS) is 18.2. The Morgan fingerprint density at radius 2 is 1.85 bits per heavy atom. The molecule has 2 rings (SSSR count). The number of ether oxygens (including phenoxy) is 1. The number of benzene rings is 1. The third-order valence-electron chi connectivity index (χ3n) is 4.41. The molecule has 1 aliphatic rings. The smallest absolute Gasteiger partial charge is 0.118 e. The van der Waals surface area contributed by atoms with Gasteiger partial charge in [-0.05, 0) is 37.1 Å². The number of rotatable bonds is 6. The van der Waals surface area contributed by atoms with Crippen molar-refractivity contribution in [2.24, 2.45) is 0 Å². The van der Waals surface area contributed by atoms with Crippen molar-refractivity contribution >= 4 is 0 Å². The third-order valence-corrected chi connectivity index (χ3v) is 4.41. The van der Waals surface area contributed by atoms with Gasteiger partial charge in [-0.25, -0.2) is 0 Å². The van der Waals surface area contributed by atoms with Gasteiger partial charge in [0.05, 0.1) is 13.2 Å². The zero-order valence-electron chi connectivity index (χ0n) is 12.7. The molecule has 0 amide bonds. The van der Waals surface area contributed by atoms with Gasteiger partial charge in [-0.3, -0.25) is 4.90 Å². The monoisotopic (exact) mass is 277 g/mol. The number of methoxy groups -OCH3 is 1. The molecule has 1 unspecified atom stereocenters. The lowest BCUT2D eigenvalue weighted by Gasteiger charge is -2.34. The summed E-state index contributed by atoms with van der Waals surface area (Å²) >= 11 is 0. The van der Waals surface area contributed by atoms with E-state index in [4.69, 9.17) is 4.74 Å². The minimum absolute atomic E-state index is 0.414. The molecule has 0 aromatic heterocycles. The molecule has 1 aromatic carbocycles. The van der Waals surface area contributed by atoms with Gasteiger partial charge in [0.2, 0.25) is 0 Å². The van der Waals surface area contributed by atoms with E-state index in [1.54, 1.807) is 7.11 Å². The van der Waals surface area contributed by atoms with E-state index in [0.29, 0.717) is 6.04 Å². The Hall–Kier alpha value is -1.06. The van der Waals surface area contributed by atoms with Gasteiger partial charge in [-0.2, -0.15) is 0 Å². The van der Waals surface area contributed by atoms with Crippen molar-refractivity contribution in [3.63, 3.8) is 0 Å². The summed E-state index contributed by atoms with van der Waals surface area (Å²) in [4.78, 5) is 2.44. The van der Waals surface area contributed by atoms with Crippen LogP contribution in [0.4, 0.5) is 0 Å². The molecule has 1 fully saturated rings. The second-order valence-electron chi connectivity index (χ2n) is 5.67. The van der Waals surface area contributed by atoms with Crippen LogP contribution >= 0.6 is 0 Å². The molecule has 0 bridgehead atoms. The van der Waals surface area contributed by atoms with Crippen LogP contribution in [0.2, 0.25) is 0 Å². The zero-order chi connectivity index (χ0) is 14.4. The van der Waals surface area contributed by atoms with Gasteiger partial charge in [0.15, 0.2) is 0 Å². The number of hydrogen-bond acceptors (Lipinski definition) is 3. The molecular formula is C17H27NO2. The van der Waals surface area contributed by atoms with E-state index in [-0.39, 0.29) is 0 Å². The molecule has 0 saturated heterocycles. The van der Waals surface area contributed by atoms with Crippen molar-refractivity contribution in [3.05, 3.63) is 29.8 Å². The molecule has 0 aliphatic heterocycles. The van der Waals surface area contributed by atoms with Crippen LogP contribution in [0.5, 0.6) is 5.75 Å². The molecule has 1 aromatic rings. The summed E-state index contributed by atoms with van der Waals surface area (Å²) in [5.74, 6) is 0.834. The maximum Gasteiger partial charge on any atom is 0.118 e. The standard InChI is InChI=1S/C17H27NO2/c1-3-18(15-7-5-4-6-8-15)13-17(19)14-9-11-16(20-2)12-10-14/h9-12,15,17,19H,3-8,13H2,1-2H3. The van der Waals surface area contributed by atoms with Crippen molar-refractivity contribution in [1.82, 2.24) is 4.90 Å². The van der Waals surface area contributed by atoms with Crippen molar-refractivity contribution in [3.8, 4) is 5.75 Å². The van der Waals surface area contributed by atoms with Crippen LogP contribution in [0.15, 0.2) is 24.3 Å². The topological polar surface area (TPSA) is 32.7 Å². The largest absolute Gasteiger partial charge is 0.497 e. The summed E-state index contributed by atoms with van der Waals surface area (Å²) in [5.41, 5.74) is 0.972. The highest BCUT2D eigenvalue weighted by Gasteiger charge is 2.22. The Morgan fingerprint density at radius 1 is 1.20 bits per heavy atom. The van der Waals surface area contributed by atoms with E-state index < -0.39 is 6.10 Å². The zero-order valence-corrected chi connectivity index (χ0v) is 12.7. The molecule has 1 aliphatic carbocycles. The first-order chi connectivity index (χ1) is 9.74. The van der Waals surface area contributed by atoms with Crippen LogP contribution in [-0.2, 0) is 0 Å². The van der Waals surface area contributed by atoms with Gasteiger partial charge in [-0.1, -0.05) is 38.3 Å². The van der Waals surface area contributed by atoms with Gasteiger partial charge in [-0.15, -0.1) is 0 Å². The Morgan fingerprint density at radius 3 is 2.40 bits per heavy atom. The Kier molecular flexibility index (Phi) is 5.86. The minimum atomic E-state index is -0.414. The van der Waals surface area contributed by atoms with Crippen LogP contribution in [0, 0.1) is 0 Å². The first-order valence-electron chi connectivity index (χ1n) is 7.80. The lowest BCUT2D eigenvalue weighted by atomic mass is 9.93. The molecule has 1 N–H and O–H groups in total. The second kappa shape index (κ2) is 7.65. The fourth-order valence-electron chi connectivity index (χ4n) is 3.14. The molecule has 0 radical (unpaired) electrons. The summed E-state index contributed by atoms with van der Waals surface area (Å²) < 4.78 is 5.15. The molecule has 1 saturated carbocycles. The van der Waals surface area contributed by atoms with E-state index in [1.807, 2.05) is 24.3 Å². The number of nitrogens with zero attached hydrogens (tertiary/aromatic N) is 1. The number of likely N-dealkylation sites (N-methyl/N-ethyl adjacent to an activating group) is 1. The maximum atomic E-state index is 10.4. The SMILES string of the molecule is CCN(CC(O)c1ccc(OC)cc1)C1CCCCC1. The van der Waals surface area contributed by atoms with E-state index >= 15 is 0 Å². The fraction of sp³-hybridized carbons (Fsp3) is 0.647. The molecule has 112 valence electrons. The first kappa shape index (κ1) is 15.3. The Balaban J connectivity index is 1.94. The first-order valence-corrected chi connectivity index (χ1v) is 7.80. The van der Waals surface area contributed by atoms with Gasteiger partial charge in [0.1, 0.15) is 5.75 Å². The number of aliphatic hydroxyl groups is 1. The van der Waals surface area contributed by atoms with Crippen LogP contribution < -0.4 is 4.74 Å². The minimum Gasteiger partial charge on any atom is -0.497 e. The maximum absolute atomic E-state index is 10.4. The van der Waals surface area contributed by atoms with Crippen molar-refractivity contribution in [2.75, 3.05) is 20.2 Å². The van der Waals surface area contributed by atoms with Crippen molar-refractivity contribution < 1.29 is 9.84 Å². The van der Waals surface area contributed by atoms with Crippen LogP contribution in [-0.4, -0.2) is 36.2 Å². The number of hydrogen-bond donors (Lipinski definition) is 1. The average Bonchev–Trinajstić information content (AvgIpc) is 2.53. The van der Waals surface area contributed by atoms with E-state index in [2.05, 4.69) is 11.8 Å². The summed E-state index contributed by atoms with van der Waals surface area (Å²) in [6.45, 7) is 3.93. The molecule has 20 heavy (non-hydrogen) atoms. The molecule has 0 spiro atoms. The van der Waals surface area contributed by atoms with Crippen LogP contribution in [0.3, 0.4) is 0 Å². The highest BCUT2D eigenvalue weighted by Crippen LogP contribution is 2.25. The predicted octanol–water partition coefficient (Wildman–Crippen LogP) is 3.38. The molecule has 3 heteroatoms. The predicted molar refractivity (Wildman–Crippen MR) is 82.1 cm³/mol. The summed E-state index contributed by atoms with van der Waals surface area (Å²) in [7, 11) is 1.66.